The van der Waals surface area contributed by atoms with Gasteiger partial charge in [0.15, 0.2) is 0 Å². The molecular formula is C21H23ClN4O2. The average molecular weight is 399 g/mol. The van der Waals surface area contributed by atoms with E-state index in [1.165, 1.54) is 4.68 Å². The lowest BCUT2D eigenvalue weighted by Crippen LogP contribution is -2.29. The fourth-order valence-corrected chi connectivity index (χ4v) is 3.54. The number of hydrogen-bond acceptors (Lipinski definition) is 5. The zero-order valence-corrected chi connectivity index (χ0v) is 17.2. The van der Waals surface area contributed by atoms with Crippen molar-refractivity contribution in [3.8, 4) is 6.07 Å². The summed E-state index contributed by atoms with van der Waals surface area (Å²) < 4.78 is 6.69. The second kappa shape index (κ2) is 7.69. The number of carbonyl (C=O) groups excluding carboxylic acids is 1. The summed E-state index contributed by atoms with van der Waals surface area (Å²) in [4.78, 5) is 12.7. The predicted molar refractivity (Wildman–Crippen MR) is 108 cm³/mol. The minimum absolute atomic E-state index is 0.396. The topological polar surface area (TPSA) is 79.9 Å². The first kappa shape index (κ1) is 20.0. The van der Waals surface area contributed by atoms with Gasteiger partial charge in [0.05, 0.1) is 23.8 Å². The van der Waals surface area contributed by atoms with Crippen LogP contribution in [-0.2, 0) is 4.74 Å². The zero-order valence-electron chi connectivity index (χ0n) is 16.4. The molecule has 2 aromatic rings. The van der Waals surface area contributed by atoms with Crippen LogP contribution in [0.15, 0.2) is 41.7 Å². The quantitative estimate of drug-likeness (QED) is 0.742. The van der Waals surface area contributed by atoms with Gasteiger partial charge in [0.25, 0.3) is 0 Å². The molecule has 1 atom stereocenters. The summed E-state index contributed by atoms with van der Waals surface area (Å²) in [6, 6.07) is 9.76. The Kier molecular flexibility index (Phi) is 5.48. The molecule has 146 valence electrons. The number of fused-ring (bicyclic) bond motifs is 1. The molecule has 6 nitrogen and oxygen atoms in total. The van der Waals surface area contributed by atoms with Crippen LogP contribution in [0.25, 0.3) is 0 Å². The molecule has 2 heterocycles. The molecule has 0 aliphatic carbocycles. The molecule has 0 spiro atoms. The van der Waals surface area contributed by atoms with Crippen molar-refractivity contribution < 1.29 is 9.53 Å². The number of rotatable bonds is 3. The molecule has 7 heteroatoms. The summed E-state index contributed by atoms with van der Waals surface area (Å²) in [5, 5.41) is 18.0. The van der Waals surface area contributed by atoms with Crippen molar-refractivity contribution in [2.75, 3.05) is 5.32 Å². The Morgan fingerprint density at radius 1 is 1.36 bits per heavy atom. The summed E-state index contributed by atoms with van der Waals surface area (Å²) in [6.45, 7) is 7.44. The summed E-state index contributed by atoms with van der Waals surface area (Å²) in [6.07, 6.45) is 2.54. The Hall–Kier alpha value is -2.78. The number of hydrogen-bond donors (Lipinski definition) is 1. The van der Waals surface area contributed by atoms with Crippen molar-refractivity contribution in [1.29, 1.82) is 5.26 Å². The number of nitriles is 1. The smallest absolute Gasteiger partial charge is 0.437 e. The van der Waals surface area contributed by atoms with Gasteiger partial charge in [-0.25, -0.2) is 4.79 Å². The Morgan fingerprint density at radius 3 is 2.68 bits per heavy atom. The number of nitrogens with zero attached hydrogens (tertiary/aromatic N) is 3. The maximum absolute atomic E-state index is 12.7. The highest BCUT2D eigenvalue weighted by Gasteiger charge is 2.35. The molecule has 0 amide bonds. The van der Waals surface area contributed by atoms with Gasteiger partial charge in [-0.05, 0) is 38.8 Å². The number of nitrogens with one attached hydrogen (secondary N) is 1. The third kappa shape index (κ3) is 3.76. The third-order valence-electron chi connectivity index (χ3n) is 4.39. The maximum Gasteiger partial charge on any atom is 0.437 e. The monoisotopic (exact) mass is 398 g/mol. The van der Waals surface area contributed by atoms with Gasteiger partial charge in [-0.3, -0.25) is 0 Å². The van der Waals surface area contributed by atoms with E-state index in [1.807, 2.05) is 25.1 Å². The number of anilines is 1. The Labute approximate surface area is 169 Å². The number of benzene rings is 1. The van der Waals surface area contributed by atoms with Crippen LogP contribution in [-0.4, -0.2) is 21.5 Å². The maximum atomic E-state index is 12.7. The van der Waals surface area contributed by atoms with Gasteiger partial charge in [0, 0.05) is 16.3 Å². The zero-order chi connectivity index (χ0) is 20.5. The van der Waals surface area contributed by atoms with Crippen molar-refractivity contribution in [3.05, 3.63) is 57.9 Å². The van der Waals surface area contributed by atoms with Gasteiger partial charge >= 0.3 is 6.09 Å². The molecular weight excluding hydrogens is 376 g/mol. The SMILES string of the molecule is CCCC1=C(C#N)C(c2ccccc2Cl)c2cnn(C(=O)OC(C)(C)C)c2N1. The molecule has 0 saturated carbocycles. The summed E-state index contributed by atoms with van der Waals surface area (Å²) in [5.74, 6) is 0.120. The van der Waals surface area contributed by atoms with Crippen molar-refractivity contribution in [2.24, 2.45) is 0 Å². The average Bonchev–Trinajstić information content (AvgIpc) is 3.04. The molecule has 0 saturated heterocycles. The number of allylic oxidation sites excluding steroid dienone is 2. The normalized spacial score (nSPS) is 16.2. The molecule has 0 fully saturated rings. The van der Waals surface area contributed by atoms with Crippen LogP contribution >= 0.6 is 11.6 Å². The molecule has 28 heavy (non-hydrogen) atoms. The molecule has 1 aromatic carbocycles. The van der Waals surface area contributed by atoms with E-state index in [0.29, 0.717) is 22.8 Å². The fourth-order valence-electron chi connectivity index (χ4n) is 3.29. The molecule has 0 radical (unpaired) electrons. The summed E-state index contributed by atoms with van der Waals surface area (Å²) in [7, 11) is 0. The number of ether oxygens (including phenoxy) is 1. The standard InChI is InChI=1S/C21H23ClN4O2/c1-5-8-17-14(11-23)18(13-9-6-7-10-16(13)22)15-12-24-26(19(15)25-17)20(27)28-21(2,3)4/h6-7,9-10,12,18,25H,5,8H2,1-4H3. The minimum atomic E-state index is -0.646. The van der Waals surface area contributed by atoms with Crippen LogP contribution < -0.4 is 5.32 Å². The van der Waals surface area contributed by atoms with Gasteiger partial charge in [-0.1, -0.05) is 43.1 Å². The van der Waals surface area contributed by atoms with Crippen LogP contribution in [0.2, 0.25) is 5.02 Å². The largest absolute Gasteiger partial charge is 0.442 e. The molecule has 1 N–H and O–H groups in total. The first-order valence-electron chi connectivity index (χ1n) is 9.22. The van der Waals surface area contributed by atoms with Crippen LogP contribution in [0.4, 0.5) is 10.6 Å². The molecule has 1 unspecified atom stereocenters. The highest BCUT2D eigenvalue weighted by Crippen LogP contribution is 2.44. The first-order chi connectivity index (χ1) is 13.3. The highest BCUT2D eigenvalue weighted by molar-refractivity contribution is 6.31. The highest BCUT2D eigenvalue weighted by atomic mass is 35.5. The lowest BCUT2D eigenvalue weighted by Gasteiger charge is -2.28. The van der Waals surface area contributed by atoms with Crippen molar-refractivity contribution in [1.82, 2.24) is 9.78 Å². The second-order valence-electron chi connectivity index (χ2n) is 7.67. The number of carbonyl (C=O) groups is 1. The van der Waals surface area contributed by atoms with Crippen LogP contribution in [0, 0.1) is 11.3 Å². The lowest BCUT2D eigenvalue weighted by atomic mass is 9.82. The lowest BCUT2D eigenvalue weighted by molar-refractivity contribution is 0.0518. The number of halogens is 1. The van der Waals surface area contributed by atoms with E-state index in [4.69, 9.17) is 16.3 Å². The molecule has 1 aliphatic rings. The molecule has 3 rings (SSSR count). The van der Waals surface area contributed by atoms with E-state index in [9.17, 15) is 10.1 Å². The van der Waals surface area contributed by atoms with Gasteiger partial charge in [0.2, 0.25) is 0 Å². The van der Waals surface area contributed by atoms with Crippen LogP contribution in [0.1, 0.15) is 57.6 Å². The summed E-state index contributed by atoms with van der Waals surface area (Å²) in [5.41, 5.74) is 2.24. The summed E-state index contributed by atoms with van der Waals surface area (Å²) >= 11 is 6.46. The second-order valence-corrected chi connectivity index (χ2v) is 8.08. The van der Waals surface area contributed by atoms with Crippen molar-refractivity contribution >= 4 is 23.5 Å². The molecule has 1 aliphatic heterocycles. The minimum Gasteiger partial charge on any atom is -0.442 e. The van der Waals surface area contributed by atoms with Gasteiger partial charge < -0.3 is 10.1 Å². The Morgan fingerprint density at radius 2 is 2.07 bits per heavy atom. The van der Waals surface area contributed by atoms with E-state index >= 15 is 0 Å². The third-order valence-corrected chi connectivity index (χ3v) is 4.74. The van der Waals surface area contributed by atoms with Crippen LogP contribution in [0.3, 0.4) is 0 Å². The van der Waals surface area contributed by atoms with Crippen molar-refractivity contribution in [3.63, 3.8) is 0 Å². The number of aromatic nitrogens is 2. The van der Waals surface area contributed by atoms with E-state index in [-0.39, 0.29) is 0 Å². The van der Waals surface area contributed by atoms with Gasteiger partial charge in [0.1, 0.15) is 11.4 Å². The van der Waals surface area contributed by atoms with E-state index in [2.05, 4.69) is 16.5 Å². The Bertz CT molecular complexity index is 979. The molecule has 1 aromatic heterocycles. The van der Waals surface area contributed by atoms with E-state index in [0.717, 1.165) is 23.2 Å². The molecule has 0 bridgehead atoms. The first-order valence-corrected chi connectivity index (χ1v) is 9.60. The van der Waals surface area contributed by atoms with Crippen LogP contribution in [0.5, 0.6) is 0 Å². The van der Waals surface area contributed by atoms with E-state index < -0.39 is 17.6 Å². The fraction of sp³-hybridized carbons (Fsp3) is 0.381. The Balaban J connectivity index is 2.16. The van der Waals surface area contributed by atoms with E-state index in [1.54, 1.807) is 33.0 Å². The van der Waals surface area contributed by atoms with Gasteiger partial charge in [-0.2, -0.15) is 10.4 Å². The van der Waals surface area contributed by atoms with Crippen molar-refractivity contribution in [2.45, 2.75) is 52.1 Å². The van der Waals surface area contributed by atoms with Gasteiger partial charge in [-0.15, -0.1) is 4.68 Å². The predicted octanol–water partition coefficient (Wildman–Crippen LogP) is 5.45.